The predicted molar refractivity (Wildman–Crippen MR) is 38.4 cm³/mol. The average molecular weight is 170 g/mol. The molecular weight excluding hydrogens is 163 g/mol. The molecule has 1 aliphatic rings. The Labute approximate surface area is 68.3 Å². The van der Waals surface area contributed by atoms with Crippen molar-refractivity contribution in [2.45, 2.75) is 6.61 Å². The molecule has 0 spiro atoms. The maximum absolute atomic E-state index is 13.2. The Hall–Kier alpha value is -1.29. The Balaban J connectivity index is 2.54. The molecule has 1 heterocycles. The number of ether oxygens (including phenoxy) is 2. The molecule has 4 heteroatoms. The maximum atomic E-state index is 13.2. The van der Waals surface area contributed by atoms with Crippen molar-refractivity contribution in [2.75, 3.05) is 6.79 Å². The second kappa shape index (κ2) is 2.64. The molecule has 0 atom stereocenters. The summed E-state index contributed by atoms with van der Waals surface area (Å²) in [5.41, 5.74) is 0.222. The third-order valence-electron chi connectivity index (χ3n) is 1.73. The van der Waals surface area contributed by atoms with Gasteiger partial charge < -0.3 is 14.6 Å². The van der Waals surface area contributed by atoms with Crippen molar-refractivity contribution < 1.29 is 19.0 Å². The minimum Gasteiger partial charge on any atom is -0.453 e. The smallest absolute Gasteiger partial charge is 0.231 e. The molecule has 0 saturated carbocycles. The van der Waals surface area contributed by atoms with Crippen LogP contribution in [-0.2, 0) is 6.61 Å². The third kappa shape index (κ3) is 0.921. The zero-order valence-corrected chi connectivity index (χ0v) is 6.21. The number of aliphatic hydroxyl groups excluding tert-OH is 1. The normalized spacial score (nSPS) is 13.5. The second-order valence-electron chi connectivity index (χ2n) is 2.43. The van der Waals surface area contributed by atoms with Gasteiger partial charge in [0.2, 0.25) is 12.5 Å². The highest BCUT2D eigenvalue weighted by molar-refractivity contribution is 5.45. The van der Waals surface area contributed by atoms with Crippen molar-refractivity contribution in [3.05, 3.63) is 23.5 Å². The largest absolute Gasteiger partial charge is 0.453 e. The van der Waals surface area contributed by atoms with E-state index in [4.69, 9.17) is 14.6 Å². The van der Waals surface area contributed by atoms with Crippen LogP contribution in [0.25, 0.3) is 0 Å². The molecular formula is C8H7FO3. The highest BCUT2D eigenvalue weighted by Crippen LogP contribution is 2.35. The molecule has 0 saturated heterocycles. The molecule has 0 bridgehead atoms. The number of aliphatic hydroxyl groups is 1. The van der Waals surface area contributed by atoms with E-state index < -0.39 is 5.82 Å². The van der Waals surface area contributed by atoms with E-state index in [1.165, 1.54) is 6.07 Å². The van der Waals surface area contributed by atoms with E-state index in [9.17, 15) is 4.39 Å². The molecule has 1 aromatic rings. The zero-order valence-electron chi connectivity index (χ0n) is 6.21. The van der Waals surface area contributed by atoms with E-state index >= 15 is 0 Å². The van der Waals surface area contributed by atoms with Crippen molar-refractivity contribution in [1.29, 1.82) is 0 Å². The van der Waals surface area contributed by atoms with Gasteiger partial charge in [-0.15, -0.1) is 0 Å². The number of hydrogen-bond donors (Lipinski definition) is 1. The van der Waals surface area contributed by atoms with Crippen molar-refractivity contribution in [3.63, 3.8) is 0 Å². The quantitative estimate of drug-likeness (QED) is 0.684. The summed E-state index contributed by atoms with van der Waals surface area (Å²) in [7, 11) is 0. The van der Waals surface area contributed by atoms with Crippen LogP contribution in [0.1, 0.15) is 5.56 Å². The van der Waals surface area contributed by atoms with E-state index in [1.54, 1.807) is 6.07 Å². The highest BCUT2D eigenvalue weighted by Gasteiger charge is 2.20. The minimum atomic E-state index is -0.535. The van der Waals surface area contributed by atoms with Crippen molar-refractivity contribution in [1.82, 2.24) is 0 Å². The van der Waals surface area contributed by atoms with Gasteiger partial charge in [-0.25, -0.2) is 4.39 Å². The first-order chi connectivity index (χ1) is 5.83. The maximum Gasteiger partial charge on any atom is 0.231 e. The van der Waals surface area contributed by atoms with Crippen LogP contribution in [0.4, 0.5) is 4.39 Å². The summed E-state index contributed by atoms with van der Waals surface area (Å²) in [6.45, 7) is -0.288. The molecule has 0 radical (unpaired) electrons. The highest BCUT2D eigenvalue weighted by atomic mass is 19.1. The van der Waals surface area contributed by atoms with Crippen LogP contribution in [0.15, 0.2) is 12.1 Å². The summed E-state index contributed by atoms with van der Waals surface area (Å²) in [4.78, 5) is 0. The van der Waals surface area contributed by atoms with Gasteiger partial charge in [0, 0.05) is 5.56 Å². The molecule has 12 heavy (non-hydrogen) atoms. The van der Waals surface area contributed by atoms with Gasteiger partial charge in [-0.05, 0) is 12.1 Å². The fourth-order valence-electron chi connectivity index (χ4n) is 1.10. The van der Waals surface area contributed by atoms with Crippen LogP contribution in [0, 0.1) is 5.82 Å². The molecule has 1 aliphatic heterocycles. The summed E-state index contributed by atoms with van der Waals surface area (Å²) in [5, 5.41) is 8.71. The molecule has 0 unspecified atom stereocenters. The Morgan fingerprint density at radius 2 is 2.25 bits per heavy atom. The van der Waals surface area contributed by atoms with E-state index in [0.29, 0.717) is 5.75 Å². The van der Waals surface area contributed by atoms with Crippen molar-refractivity contribution in [2.24, 2.45) is 0 Å². The average Bonchev–Trinajstić information content (AvgIpc) is 2.53. The van der Waals surface area contributed by atoms with Crippen LogP contribution < -0.4 is 9.47 Å². The van der Waals surface area contributed by atoms with E-state index in [-0.39, 0.29) is 24.7 Å². The van der Waals surface area contributed by atoms with Crippen LogP contribution in [0.5, 0.6) is 11.5 Å². The zero-order chi connectivity index (χ0) is 8.55. The molecule has 0 aromatic heterocycles. The molecule has 2 rings (SSSR count). The first-order valence-electron chi connectivity index (χ1n) is 3.51. The van der Waals surface area contributed by atoms with Gasteiger partial charge in [0.1, 0.15) is 0 Å². The molecule has 1 N–H and O–H groups in total. The van der Waals surface area contributed by atoms with Crippen molar-refractivity contribution in [3.8, 4) is 11.5 Å². The summed E-state index contributed by atoms with van der Waals surface area (Å²) in [6, 6.07) is 3.06. The lowest BCUT2D eigenvalue weighted by Crippen LogP contribution is -1.94. The lowest BCUT2D eigenvalue weighted by atomic mass is 10.2. The summed E-state index contributed by atoms with van der Waals surface area (Å²) >= 11 is 0. The second-order valence-corrected chi connectivity index (χ2v) is 2.43. The Bertz CT molecular complexity index is 311. The van der Waals surface area contributed by atoms with Crippen LogP contribution in [-0.4, -0.2) is 11.9 Å². The van der Waals surface area contributed by atoms with E-state index in [2.05, 4.69) is 0 Å². The lowest BCUT2D eigenvalue weighted by Gasteiger charge is -2.01. The monoisotopic (exact) mass is 170 g/mol. The fourth-order valence-corrected chi connectivity index (χ4v) is 1.10. The molecule has 0 amide bonds. The van der Waals surface area contributed by atoms with E-state index in [1.807, 2.05) is 0 Å². The van der Waals surface area contributed by atoms with Gasteiger partial charge >= 0.3 is 0 Å². The van der Waals surface area contributed by atoms with Crippen LogP contribution in [0.3, 0.4) is 0 Å². The number of halogens is 1. The first kappa shape index (κ1) is 7.36. The third-order valence-corrected chi connectivity index (χ3v) is 1.73. The minimum absolute atomic E-state index is 0.0428. The van der Waals surface area contributed by atoms with E-state index in [0.717, 1.165) is 0 Å². The molecule has 0 aliphatic carbocycles. The van der Waals surface area contributed by atoms with Gasteiger partial charge in [0.05, 0.1) is 6.61 Å². The fraction of sp³-hybridized carbons (Fsp3) is 0.250. The first-order valence-corrected chi connectivity index (χ1v) is 3.51. The number of rotatable bonds is 1. The summed E-state index contributed by atoms with van der Waals surface area (Å²) in [5.74, 6) is -0.0428. The predicted octanol–water partition coefficient (Wildman–Crippen LogP) is 1.05. The topological polar surface area (TPSA) is 38.7 Å². The number of hydrogen-bond acceptors (Lipinski definition) is 3. The number of fused-ring (bicyclic) bond motifs is 1. The Morgan fingerprint density at radius 3 is 3.00 bits per heavy atom. The summed E-state index contributed by atoms with van der Waals surface area (Å²) < 4.78 is 23.0. The molecule has 1 aromatic carbocycles. The van der Waals surface area contributed by atoms with Gasteiger partial charge in [0.25, 0.3) is 0 Å². The molecule has 3 nitrogen and oxygen atoms in total. The molecule has 64 valence electrons. The van der Waals surface area contributed by atoms with Crippen molar-refractivity contribution >= 4 is 0 Å². The van der Waals surface area contributed by atoms with Gasteiger partial charge in [0.15, 0.2) is 11.6 Å². The van der Waals surface area contributed by atoms with Gasteiger partial charge in [-0.2, -0.15) is 0 Å². The van der Waals surface area contributed by atoms with Crippen LogP contribution >= 0.6 is 0 Å². The summed E-state index contributed by atoms with van der Waals surface area (Å²) in [6.07, 6.45) is 0. The lowest BCUT2D eigenvalue weighted by molar-refractivity contribution is 0.170. The Kier molecular flexibility index (Phi) is 1.62. The SMILES string of the molecule is OCc1ccc2c(c1F)OCO2. The Morgan fingerprint density at radius 1 is 1.42 bits per heavy atom. The molecule has 0 fully saturated rings. The van der Waals surface area contributed by atoms with Crippen LogP contribution in [0.2, 0.25) is 0 Å². The van der Waals surface area contributed by atoms with Gasteiger partial charge in [-0.1, -0.05) is 0 Å². The number of benzene rings is 1. The standard InChI is InChI=1S/C8H7FO3/c9-7-5(3-10)1-2-6-8(7)12-4-11-6/h1-2,10H,3-4H2. The van der Waals surface area contributed by atoms with Gasteiger partial charge in [-0.3, -0.25) is 0 Å².